The molecule has 0 radical (unpaired) electrons. The Morgan fingerprint density at radius 1 is 1.53 bits per heavy atom. The number of H-pyrrole nitrogens is 1. The molecule has 2 rings (SSSR count). The van der Waals surface area contributed by atoms with Crippen LogP contribution in [0.2, 0.25) is 0 Å². The van der Waals surface area contributed by atoms with Gasteiger partial charge < -0.3 is 10.2 Å². The van der Waals surface area contributed by atoms with Crippen molar-refractivity contribution >= 4 is 11.7 Å². The molecule has 0 spiro atoms. The molecular formula is C11H13FN6O. The highest BCUT2D eigenvalue weighted by molar-refractivity contribution is 5.94. The number of hydrogen-bond acceptors (Lipinski definition) is 5. The SMILES string of the molecule is CNc1nccc(C(=O)N(C)Cc2ncn[nH]2)c1F. The van der Waals surface area contributed by atoms with E-state index in [1.807, 2.05) is 0 Å². The molecule has 0 saturated heterocycles. The van der Waals surface area contributed by atoms with Gasteiger partial charge in [-0.25, -0.2) is 14.4 Å². The van der Waals surface area contributed by atoms with Crippen molar-refractivity contribution in [2.45, 2.75) is 6.54 Å². The molecule has 2 aromatic heterocycles. The lowest BCUT2D eigenvalue weighted by molar-refractivity contribution is 0.0777. The molecule has 0 aliphatic carbocycles. The number of carbonyl (C=O) groups is 1. The Morgan fingerprint density at radius 2 is 2.32 bits per heavy atom. The summed E-state index contributed by atoms with van der Waals surface area (Å²) in [7, 11) is 3.10. The summed E-state index contributed by atoms with van der Waals surface area (Å²) in [6.07, 6.45) is 2.73. The molecular weight excluding hydrogens is 251 g/mol. The van der Waals surface area contributed by atoms with Crippen LogP contribution in [-0.4, -0.2) is 45.1 Å². The summed E-state index contributed by atoms with van der Waals surface area (Å²) in [4.78, 5) is 21.2. The summed E-state index contributed by atoms with van der Waals surface area (Å²) in [5, 5.41) is 8.91. The number of anilines is 1. The molecule has 0 aliphatic rings. The Bertz CT molecular complexity index is 571. The van der Waals surface area contributed by atoms with E-state index < -0.39 is 11.7 Å². The van der Waals surface area contributed by atoms with Crippen LogP contribution in [0.4, 0.5) is 10.2 Å². The molecule has 0 aliphatic heterocycles. The molecule has 0 saturated carbocycles. The van der Waals surface area contributed by atoms with Gasteiger partial charge in [0.25, 0.3) is 5.91 Å². The molecule has 1 amide bonds. The third-order valence-electron chi connectivity index (χ3n) is 2.55. The van der Waals surface area contributed by atoms with E-state index in [0.29, 0.717) is 5.82 Å². The first-order chi connectivity index (χ1) is 9.13. The zero-order valence-corrected chi connectivity index (χ0v) is 10.5. The smallest absolute Gasteiger partial charge is 0.257 e. The van der Waals surface area contributed by atoms with Gasteiger partial charge in [-0.05, 0) is 6.07 Å². The van der Waals surface area contributed by atoms with E-state index in [4.69, 9.17) is 0 Å². The maximum absolute atomic E-state index is 14.0. The molecule has 19 heavy (non-hydrogen) atoms. The summed E-state index contributed by atoms with van der Waals surface area (Å²) < 4.78 is 14.0. The summed E-state index contributed by atoms with van der Waals surface area (Å²) in [5.74, 6) is -0.551. The van der Waals surface area contributed by atoms with E-state index in [1.54, 1.807) is 7.05 Å². The second-order valence-corrected chi connectivity index (χ2v) is 3.86. The van der Waals surface area contributed by atoms with E-state index in [1.165, 1.54) is 30.5 Å². The van der Waals surface area contributed by atoms with Crippen molar-refractivity contribution < 1.29 is 9.18 Å². The first-order valence-electron chi connectivity index (χ1n) is 5.55. The van der Waals surface area contributed by atoms with Gasteiger partial charge in [-0.2, -0.15) is 5.10 Å². The zero-order valence-electron chi connectivity index (χ0n) is 10.5. The monoisotopic (exact) mass is 264 g/mol. The lowest BCUT2D eigenvalue weighted by Crippen LogP contribution is -2.27. The summed E-state index contributed by atoms with van der Waals surface area (Å²) in [5.41, 5.74) is -0.0404. The van der Waals surface area contributed by atoms with Crippen LogP contribution in [0.5, 0.6) is 0 Å². The second-order valence-electron chi connectivity index (χ2n) is 3.86. The predicted octanol–water partition coefficient (Wildman–Crippen LogP) is 0.653. The second kappa shape index (κ2) is 5.42. The average Bonchev–Trinajstić information content (AvgIpc) is 2.91. The third-order valence-corrected chi connectivity index (χ3v) is 2.55. The molecule has 7 nitrogen and oxygen atoms in total. The van der Waals surface area contributed by atoms with Gasteiger partial charge in [-0.15, -0.1) is 0 Å². The Kier molecular flexibility index (Phi) is 3.69. The number of halogens is 1. The largest absolute Gasteiger partial charge is 0.371 e. The fourth-order valence-electron chi connectivity index (χ4n) is 1.59. The van der Waals surface area contributed by atoms with E-state index in [2.05, 4.69) is 25.5 Å². The van der Waals surface area contributed by atoms with E-state index >= 15 is 0 Å². The number of aromatic amines is 1. The third kappa shape index (κ3) is 2.67. The number of rotatable bonds is 4. The normalized spacial score (nSPS) is 10.3. The van der Waals surface area contributed by atoms with Crippen molar-refractivity contribution in [3.8, 4) is 0 Å². The van der Waals surface area contributed by atoms with Crippen molar-refractivity contribution in [1.82, 2.24) is 25.1 Å². The van der Waals surface area contributed by atoms with Gasteiger partial charge in [-0.3, -0.25) is 9.89 Å². The Labute approximate surface area is 108 Å². The number of aromatic nitrogens is 4. The Morgan fingerprint density at radius 3 is 2.95 bits per heavy atom. The van der Waals surface area contributed by atoms with Crippen LogP contribution in [0, 0.1) is 5.82 Å². The lowest BCUT2D eigenvalue weighted by Gasteiger charge is -2.16. The van der Waals surface area contributed by atoms with Gasteiger partial charge in [0.2, 0.25) is 0 Å². The molecule has 0 atom stereocenters. The van der Waals surface area contributed by atoms with Gasteiger partial charge in [0.15, 0.2) is 11.6 Å². The van der Waals surface area contributed by atoms with Crippen molar-refractivity contribution in [3.05, 3.63) is 35.8 Å². The molecule has 100 valence electrons. The molecule has 2 N–H and O–H groups in total. The van der Waals surface area contributed by atoms with Crippen LogP contribution in [0.15, 0.2) is 18.6 Å². The minimum atomic E-state index is -0.667. The Hall–Kier alpha value is -2.51. The highest BCUT2D eigenvalue weighted by Gasteiger charge is 2.19. The molecule has 0 unspecified atom stereocenters. The van der Waals surface area contributed by atoms with E-state index in [0.717, 1.165) is 0 Å². The number of pyridine rings is 1. The van der Waals surface area contributed by atoms with Gasteiger partial charge in [-0.1, -0.05) is 0 Å². The summed E-state index contributed by atoms with van der Waals surface area (Å²) in [6, 6.07) is 1.34. The van der Waals surface area contributed by atoms with Crippen LogP contribution in [0.25, 0.3) is 0 Å². The predicted molar refractivity (Wildman–Crippen MR) is 65.9 cm³/mol. The van der Waals surface area contributed by atoms with Crippen LogP contribution in [-0.2, 0) is 6.54 Å². The van der Waals surface area contributed by atoms with Crippen LogP contribution < -0.4 is 5.32 Å². The fourth-order valence-corrected chi connectivity index (χ4v) is 1.59. The van der Waals surface area contributed by atoms with Crippen molar-refractivity contribution in [2.75, 3.05) is 19.4 Å². The highest BCUT2D eigenvalue weighted by atomic mass is 19.1. The topological polar surface area (TPSA) is 86.8 Å². The maximum atomic E-state index is 14.0. The minimum absolute atomic E-state index is 0.0404. The number of nitrogens with zero attached hydrogens (tertiary/aromatic N) is 4. The lowest BCUT2D eigenvalue weighted by atomic mass is 10.2. The van der Waals surface area contributed by atoms with Crippen LogP contribution in [0.3, 0.4) is 0 Å². The van der Waals surface area contributed by atoms with Crippen molar-refractivity contribution in [2.24, 2.45) is 0 Å². The standard InChI is InChI=1S/C11H13FN6O/c1-13-10-9(12)7(3-4-14-10)11(19)18(2)5-8-15-6-16-17-8/h3-4,6H,5H2,1-2H3,(H,13,14)(H,15,16,17). The quantitative estimate of drug-likeness (QED) is 0.846. The van der Waals surface area contributed by atoms with Crippen LogP contribution >= 0.6 is 0 Å². The highest BCUT2D eigenvalue weighted by Crippen LogP contribution is 2.16. The van der Waals surface area contributed by atoms with E-state index in [9.17, 15) is 9.18 Å². The average molecular weight is 264 g/mol. The molecule has 0 fully saturated rings. The maximum Gasteiger partial charge on any atom is 0.257 e. The molecule has 8 heteroatoms. The number of hydrogen-bond donors (Lipinski definition) is 2. The molecule has 2 aromatic rings. The van der Waals surface area contributed by atoms with Crippen molar-refractivity contribution in [1.29, 1.82) is 0 Å². The van der Waals surface area contributed by atoms with E-state index in [-0.39, 0.29) is 17.9 Å². The first kappa shape index (κ1) is 12.9. The van der Waals surface area contributed by atoms with Gasteiger partial charge in [0.05, 0.1) is 12.1 Å². The number of nitrogens with one attached hydrogen (secondary N) is 2. The minimum Gasteiger partial charge on any atom is -0.371 e. The Balaban J connectivity index is 2.19. The van der Waals surface area contributed by atoms with Gasteiger partial charge in [0.1, 0.15) is 12.2 Å². The number of amides is 1. The molecule has 2 heterocycles. The fraction of sp³-hybridized carbons (Fsp3) is 0.273. The van der Waals surface area contributed by atoms with Gasteiger partial charge in [0, 0.05) is 20.3 Å². The zero-order chi connectivity index (χ0) is 13.8. The summed E-state index contributed by atoms with van der Waals surface area (Å²) in [6.45, 7) is 0.218. The molecule has 0 bridgehead atoms. The first-order valence-corrected chi connectivity index (χ1v) is 5.55. The molecule has 0 aromatic carbocycles. The van der Waals surface area contributed by atoms with Crippen LogP contribution in [0.1, 0.15) is 16.2 Å². The van der Waals surface area contributed by atoms with Crippen molar-refractivity contribution in [3.63, 3.8) is 0 Å². The van der Waals surface area contributed by atoms with Gasteiger partial charge >= 0.3 is 0 Å². The number of carbonyl (C=O) groups excluding carboxylic acids is 1. The summed E-state index contributed by atoms with van der Waals surface area (Å²) >= 11 is 0.